The molecule has 2 aromatic heterocycles. The normalized spacial score (nSPS) is 18.9. The number of pyridine rings is 1. The van der Waals surface area contributed by atoms with Gasteiger partial charge in [-0.05, 0) is 49.6 Å². The SMILES string of the molecule is Cc1ccc(-n2cc(-c3cccc(N4CCC(F)(F)CC4)n3)nn2)c(N2CCC(C(F)F)CC2)c1. The molecule has 0 aliphatic carbocycles. The van der Waals surface area contributed by atoms with Crippen molar-refractivity contribution < 1.29 is 17.6 Å². The quantitative estimate of drug-likeness (QED) is 0.453. The van der Waals surface area contributed by atoms with Gasteiger partial charge in [0.05, 0.1) is 23.3 Å². The van der Waals surface area contributed by atoms with Crippen molar-refractivity contribution in [1.82, 2.24) is 20.0 Å². The van der Waals surface area contributed by atoms with E-state index in [-0.39, 0.29) is 25.9 Å². The highest BCUT2D eigenvalue weighted by Crippen LogP contribution is 2.33. The highest BCUT2D eigenvalue weighted by Gasteiger charge is 2.34. The summed E-state index contributed by atoms with van der Waals surface area (Å²) < 4.78 is 55.0. The standard InChI is InChI=1S/C25H28F4N6/c1-17-5-6-21(22(15-17)33-11-7-18(8-12-33)24(26)27)35-16-20(31-32-35)19-3-2-4-23(30-19)34-13-9-25(28,29)10-14-34/h2-6,15-16,18,24H,7-14H2,1H3. The Balaban J connectivity index is 1.38. The molecule has 0 saturated carbocycles. The average molecular weight is 489 g/mol. The highest BCUT2D eigenvalue weighted by molar-refractivity contribution is 5.65. The number of benzene rings is 1. The van der Waals surface area contributed by atoms with Crippen molar-refractivity contribution in [2.45, 2.75) is 45.0 Å². The molecule has 6 nitrogen and oxygen atoms in total. The molecule has 1 aromatic carbocycles. The summed E-state index contributed by atoms with van der Waals surface area (Å²) in [5.41, 5.74) is 4.00. The number of aryl methyl sites for hydroxylation is 1. The van der Waals surface area contributed by atoms with E-state index in [0.29, 0.717) is 43.1 Å². The van der Waals surface area contributed by atoms with Gasteiger partial charge in [-0.2, -0.15) is 0 Å². The summed E-state index contributed by atoms with van der Waals surface area (Å²) in [6.07, 6.45) is 0.0484. The first-order valence-corrected chi connectivity index (χ1v) is 12.0. The van der Waals surface area contributed by atoms with Gasteiger partial charge in [-0.25, -0.2) is 27.2 Å². The highest BCUT2D eigenvalue weighted by atomic mass is 19.3. The van der Waals surface area contributed by atoms with E-state index in [9.17, 15) is 17.6 Å². The molecular formula is C25H28F4N6. The van der Waals surface area contributed by atoms with E-state index in [1.165, 1.54) is 0 Å². The monoisotopic (exact) mass is 488 g/mol. The fourth-order valence-electron chi connectivity index (χ4n) is 4.78. The van der Waals surface area contributed by atoms with Crippen LogP contribution in [0.3, 0.4) is 0 Å². The van der Waals surface area contributed by atoms with Crippen LogP contribution in [0.4, 0.5) is 29.1 Å². The summed E-state index contributed by atoms with van der Waals surface area (Å²) >= 11 is 0. The van der Waals surface area contributed by atoms with Crippen molar-refractivity contribution in [3.05, 3.63) is 48.2 Å². The Hall–Kier alpha value is -3.17. The molecule has 2 aliphatic heterocycles. The zero-order valence-electron chi connectivity index (χ0n) is 19.5. The summed E-state index contributed by atoms with van der Waals surface area (Å²) in [7, 11) is 0. The van der Waals surface area contributed by atoms with E-state index >= 15 is 0 Å². The van der Waals surface area contributed by atoms with Crippen LogP contribution in [0, 0.1) is 12.8 Å². The Morgan fingerprint density at radius 1 is 0.914 bits per heavy atom. The smallest absolute Gasteiger partial charge is 0.251 e. The van der Waals surface area contributed by atoms with Gasteiger partial charge in [-0.15, -0.1) is 5.10 Å². The molecule has 186 valence electrons. The molecule has 2 fully saturated rings. The van der Waals surface area contributed by atoms with Crippen molar-refractivity contribution in [1.29, 1.82) is 0 Å². The van der Waals surface area contributed by atoms with Crippen LogP contribution in [0.15, 0.2) is 42.6 Å². The molecule has 2 aliphatic rings. The first-order valence-electron chi connectivity index (χ1n) is 12.0. The predicted octanol–water partition coefficient (Wildman–Crippen LogP) is 5.35. The van der Waals surface area contributed by atoms with Crippen molar-refractivity contribution in [2.24, 2.45) is 5.92 Å². The number of piperidine rings is 2. The number of aromatic nitrogens is 4. The molecule has 0 unspecified atom stereocenters. The van der Waals surface area contributed by atoms with Gasteiger partial charge in [-0.3, -0.25) is 0 Å². The first-order chi connectivity index (χ1) is 16.8. The fraction of sp³-hybridized carbons (Fsp3) is 0.480. The first kappa shape index (κ1) is 23.6. The van der Waals surface area contributed by atoms with E-state index in [0.717, 1.165) is 16.9 Å². The summed E-state index contributed by atoms with van der Waals surface area (Å²) in [5.74, 6) is -2.52. The largest absolute Gasteiger partial charge is 0.370 e. The Morgan fingerprint density at radius 3 is 2.37 bits per heavy atom. The van der Waals surface area contributed by atoms with Gasteiger partial charge in [0.25, 0.3) is 5.92 Å². The Morgan fingerprint density at radius 2 is 1.66 bits per heavy atom. The lowest BCUT2D eigenvalue weighted by Crippen LogP contribution is -2.39. The van der Waals surface area contributed by atoms with Crippen LogP contribution >= 0.6 is 0 Å². The minimum absolute atomic E-state index is 0.181. The van der Waals surface area contributed by atoms with E-state index in [1.807, 2.05) is 48.2 Å². The van der Waals surface area contributed by atoms with Crippen LogP contribution in [0.25, 0.3) is 17.1 Å². The molecule has 3 aromatic rings. The van der Waals surface area contributed by atoms with Crippen molar-refractivity contribution in [3.8, 4) is 17.1 Å². The molecule has 0 amide bonds. The maximum Gasteiger partial charge on any atom is 0.251 e. The Bertz CT molecular complexity index is 1160. The lowest BCUT2D eigenvalue weighted by atomic mass is 9.96. The molecule has 0 atom stereocenters. The van der Waals surface area contributed by atoms with E-state index in [1.54, 1.807) is 10.9 Å². The molecular weight excluding hydrogens is 460 g/mol. The number of hydrogen-bond acceptors (Lipinski definition) is 5. The number of rotatable bonds is 5. The molecule has 4 heterocycles. The molecule has 2 saturated heterocycles. The number of alkyl halides is 4. The Kier molecular flexibility index (Phi) is 6.37. The van der Waals surface area contributed by atoms with Gasteiger partial charge in [0.1, 0.15) is 11.5 Å². The third-order valence-electron chi connectivity index (χ3n) is 6.92. The van der Waals surface area contributed by atoms with Crippen molar-refractivity contribution >= 4 is 11.5 Å². The zero-order chi connectivity index (χ0) is 24.6. The van der Waals surface area contributed by atoms with Crippen molar-refractivity contribution in [3.63, 3.8) is 0 Å². The van der Waals surface area contributed by atoms with Crippen LogP contribution in [0.1, 0.15) is 31.2 Å². The summed E-state index contributed by atoms with van der Waals surface area (Å²) in [6, 6.07) is 11.5. The molecule has 0 spiro atoms. The van der Waals surface area contributed by atoms with E-state index < -0.39 is 18.3 Å². The fourth-order valence-corrected chi connectivity index (χ4v) is 4.78. The molecule has 0 radical (unpaired) electrons. The maximum atomic E-state index is 13.5. The second kappa shape index (κ2) is 9.47. The van der Waals surface area contributed by atoms with Gasteiger partial charge in [0.15, 0.2) is 0 Å². The van der Waals surface area contributed by atoms with Gasteiger partial charge in [0.2, 0.25) is 6.43 Å². The summed E-state index contributed by atoms with van der Waals surface area (Å²) in [5, 5.41) is 8.63. The van der Waals surface area contributed by atoms with Gasteiger partial charge in [-0.1, -0.05) is 17.3 Å². The number of halogens is 4. The van der Waals surface area contributed by atoms with Crippen LogP contribution in [0.5, 0.6) is 0 Å². The number of hydrogen-bond donors (Lipinski definition) is 0. The number of nitrogens with zero attached hydrogens (tertiary/aromatic N) is 6. The molecule has 10 heteroatoms. The third-order valence-corrected chi connectivity index (χ3v) is 6.92. The molecule has 5 rings (SSSR count). The molecule has 0 bridgehead atoms. The zero-order valence-corrected chi connectivity index (χ0v) is 19.5. The maximum absolute atomic E-state index is 13.5. The average Bonchev–Trinajstić information content (AvgIpc) is 3.34. The summed E-state index contributed by atoms with van der Waals surface area (Å²) in [6.45, 7) is 3.63. The third kappa shape index (κ3) is 5.11. The van der Waals surface area contributed by atoms with Crippen molar-refractivity contribution in [2.75, 3.05) is 36.0 Å². The van der Waals surface area contributed by atoms with Gasteiger partial charge in [0, 0.05) is 44.9 Å². The van der Waals surface area contributed by atoms with Crippen LogP contribution < -0.4 is 9.80 Å². The van der Waals surface area contributed by atoms with Gasteiger partial charge < -0.3 is 9.80 Å². The minimum atomic E-state index is -2.61. The lowest BCUT2D eigenvalue weighted by Gasteiger charge is -2.34. The van der Waals surface area contributed by atoms with Crippen LogP contribution in [0.2, 0.25) is 0 Å². The van der Waals surface area contributed by atoms with Crippen LogP contribution in [-0.4, -0.2) is 58.5 Å². The van der Waals surface area contributed by atoms with Gasteiger partial charge >= 0.3 is 0 Å². The summed E-state index contributed by atoms with van der Waals surface area (Å²) in [4.78, 5) is 8.66. The second-order valence-electron chi connectivity index (χ2n) is 9.42. The molecule has 0 N–H and O–H groups in total. The second-order valence-corrected chi connectivity index (χ2v) is 9.42. The van der Waals surface area contributed by atoms with E-state index in [4.69, 9.17) is 0 Å². The predicted molar refractivity (Wildman–Crippen MR) is 127 cm³/mol. The molecule has 35 heavy (non-hydrogen) atoms. The lowest BCUT2D eigenvalue weighted by molar-refractivity contribution is -0.0221. The topological polar surface area (TPSA) is 50.1 Å². The van der Waals surface area contributed by atoms with Crippen LogP contribution in [-0.2, 0) is 0 Å². The Labute approximate surface area is 201 Å². The number of anilines is 2. The van der Waals surface area contributed by atoms with E-state index in [2.05, 4.69) is 20.2 Å². The minimum Gasteiger partial charge on any atom is -0.370 e.